The van der Waals surface area contributed by atoms with Crippen LogP contribution in [0.5, 0.6) is 0 Å². The fraction of sp³-hybridized carbons (Fsp3) is 0.733. The van der Waals surface area contributed by atoms with Crippen molar-refractivity contribution >= 4 is 18.3 Å². The molecule has 1 saturated heterocycles. The molecule has 1 atom stereocenters. The molecule has 1 aromatic rings. The minimum absolute atomic E-state index is 0. The van der Waals surface area contributed by atoms with E-state index in [0.29, 0.717) is 26.2 Å². The van der Waals surface area contributed by atoms with Crippen molar-refractivity contribution in [1.82, 2.24) is 25.3 Å². The van der Waals surface area contributed by atoms with Crippen LogP contribution in [0.25, 0.3) is 0 Å². The summed E-state index contributed by atoms with van der Waals surface area (Å²) in [5.74, 6) is -0.408. The molecule has 0 saturated carbocycles. The molecule has 2 heterocycles. The molecule has 0 aliphatic carbocycles. The maximum atomic E-state index is 13.3. The molecule has 0 bridgehead atoms. The number of hydrogen-bond acceptors (Lipinski definition) is 4. The van der Waals surface area contributed by atoms with Crippen LogP contribution >= 0.6 is 12.4 Å². The molecule has 1 aliphatic rings. The highest BCUT2D eigenvalue weighted by Gasteiger charge is 2.43. The maximum absolute atomic E-state index is 13.3. The van der Waals surface area contributed by atoms with Crippen LogP contribution in [-0.4, -0.2) is 65.5 Å². The van der Waals surface area contributed by atoms with E-state index in [1.165, 1.54) is 4.90 Å². The standard InChI is InChI=1S/C15H24F3N5O.ClH/c1-10(2)12-8-11(21-22(12)3)14(24)20-9-13(15(16,17)18)23-6-4-19-5-7-23;/h8,10,13,19H,4-7,9H2,1-3H3,(H,20,24);1H. The molecule has 25 heavy (non-hydrogen) atoms. The fourth-order valence-electron chi connectivity index (χ4n) is 2.86. The summed E-state index contributed by atoms with van der Waals surface area (Å²) >= 11 is 0. The van der Waals surface area contributed by atoms with Gasteiger partial charge in [0.2, 0.25) is 0 Å². The Balaban J connectivity index is 0.00000312. The van der Waals surface area contributed by atoms with E-state index in [2.05, 4.69) is 15.7 Å². The van der Waals surface area contributed by atoms with E-state index in [0.717, 1.165) is 5.69 Å². The summed E-state index contributed by atoms with van der Waals surface area (Å²) < 4.78 is 41.5. The molecule has 0 aromatic carbocycles. The SMILES string of the molecule is CC(C)c1cc(C(=O)NCC(N2CCNCC2)C(F)(F)F)nn1C.Cl. The van der Waals surface area contributed by atoms with Crippen LogP contribution in [0.2, 0.25) is 0 Å². The van der Waals surface area contributed by atoms with Gasteiger partial charge >= 0.3 is 6.18 Å². The Hall–Kier alpha value is -1.32. The number of aromatic nitrogens is 2. The van der Waals surface area contributed by atoms with E-state index in [1.54, 1.807) is 17.8 Å². The van der Waals surface area contributed by atoms with Gasteiger partial charge in [-0.1, -0.05) is 13.8 Å². The highest BCUT2D eigenvalue weighted by Crippen LogP contribution is 2.25. The van der Waals surface area contributed by atoms with Crippen LogP contribution in [-0.2, 0) is 7.05 Å². The Morgan fingerprint density at radius 2 is 1.96 bits per heavy atom. The summed E-state index contributed by atoms with van der Waals surface area (Å²) in [6.45, 7) is 5.08. The zero-order valence-corrected chi connectivity index (χ0v) is 15.4. The first kappa shape index (κ1) is 21.7. The Labute approximate surface area is 151 Å². The van der Waals surface area contributed by atoms with Gasteiger partial charge in [-0.25, -0.2) is 0 Å². The average Bonchev–Trinajstić information content (AvgIpc) is 2.89. The molecule has 2 rings (SSSR count). The molecule has 0 radical (unpaired) electrons. The molecule has 1 aliphatic heterocycles. The Morgan fingerprint density at radius 3 is 2.44 bits per heavy atom. The van der Waals surface area contributed by atoms with Crippen molar-refractivity contribution in [2.75, 3.05) is 32.7 Å². The highest BCUT2D eigenvalue weighted by atomic mass is 35.5. The fourth-order valence-corrected chi connectivity index (χ4v) is 2.86. The summed E-state index contributed by atoms with van der Waals surface area (Å²) in [4.78, 5) is 13.5. The van der Waals surface area contributed by atoms with Gasteiger partial charge in [-0.15, -0.1) is 12.4 Å². The molecular formula is C15H25ClF3N5O. The van der Waals surface area contributed by atoms with Crippen molar-refractivity contribution in [2.24, 2.45) is 7.05 Å². The molecule has 0 spiro atoms. The molecule has 2 N–H and O–H groups in total. The quantitative estimate of drug-likeness (QED) is 0.809. The smallest absolute Gasteiger partial charge is 0.349 e. The van der Waals surface area contributed by atoms with Crippen molar-refractivity contribution in [3.63, 3.8) is 0 Å². The van der Waals surface area contributed by atoms with Gasteiger partial charge in [0.1, 0.15) is 11.7 Å². The van der Waals surface area contributed by atoms with Crippen molar-refractivity contribution in [3.8, 4) is 0 Å². The Morgan fingerprint density at radius 1 is 1.36 bits per heavy atom. The highest BCUT2D eigenvalue weighted by molar-refractivity contribution is 5.92. The lowest BCUT2D eigenvalue weighted by atomic mass is 10.1. The molecule has 1 aromatic heterocycles. The molecule has 10 heteroatoms. The lowest BCUT2D eigenvalue weighted by Gasteiger charge is -2.35. The van der Waals surface area contributed by atoms with Crippen molar-refractivity contribution in [1.29, 1.82) is 0 Å². The number of amides is 1. The Bertz CT molecular complexity index is 570. The summed E-state index contributed by atoms with van der Waals surface area (Å²) in [6.07, 6.45) is -4.39. The Kier molecular flexibility index (Phi) is 7.70. The van der Waals surface area contributed by atoms with E-state index in [4.69, 9.17) is 0 Å². The lowest BCUT2D eigenvalue weighted by molar-refractivity contribution is -0.183. The zero-order chi connectivity index (χ0) is 17.9. The van der Waals surface area contributed by atoms with E-state index in [1.807, 2.05) is 13.8 Å². The number of hydrogen-bond donors (Lipinski definition) is 2. The monoisotopic (exact) mass is 383 g/mol. The second kappa shape index (κ2) is 8.86. The van der Waals surface area contributed by atoms with Crippen LogP contribution < -0.4 is 10.6 Å². The first-order chi connectivity index (χ1) is 11.2. The average molecular weight is 384 g/mol. The van der Waals surface area contributed by atoms with Crippen LogP contribution in [0.4, 0.5) is 13.2 Å². The minimum atomic E-state index is -4.39. The number of alkyl halides is 3. The molecular weight excluding hydrogens is 359 g/mol. The number of halogens is 4. The number of nitrogens with one attached hydrogen (secondary N) is 2. The van der Waals surface area contributed by atoms with Gasteiger partial charge in [-0.05, 0) is 12.0 Å². The molecule has 6 nitrogen and oxygen atoms in total. The molecule has 1 unspecified atom stereocenters. The maximum Gasteiger partial charge on any atom is 0.405 e. The molecule has 144 valence electrons. The van der Waals surface area contributed by atoms with Gasteiger partial charge in [0.25, 0.3) is 5.91 Å². The van der Waals surface area contributed by atoms with Gasteiger partial charge in [0.05, 0.1) is 0 Å². The van der Waals surface area contributed by atoms with Gasteiger partial charge < -0.3 is 10.6 Å². The predicted octanol–water partition coefficient (Wildman–Crippen LogP) is 1.53. The van der Waals surface area contributed by atoms with Gasteiger partial charge in [-0.2, -0.15) is 18.3 Å². The normalized spacial score (nSPS) is 17.2. The van der Waals surface area contributed by atoms with Gasteiger partial charge in [0.15, 0.2) is 0 Å². The van der Waals surface area contributed by atoms with Crippen LogP contribution in [0.3, 0.4) is 0 Å². The van der Waals surface area contributed by atoms with Gasteiger partial charge in [0, 0.05) is 45.5 Å². The third-order valence-electron chi connectivity index (χ3n) is 4.17. The van der Waals surface area contributed by atoms with E-state index in [9.17, 15) is 18.0 Å². The minimum Gasteiger partial charge on any atom is -0.349 e. The largest absolute Gasteiger partial charge is 0.405 e. The first-order valence-electron chi connectivity index (χ1n) is 8.03. The number of carbonyl (C=O) groups is 1. The first-order valence-corrected chi connectivity index (χ1v) is 8.03. The summed E-state index contributed by atoms with van der Waals surface area (Å²) in [5, 5.41) is 9.49. The molecule has 1 fully saturated rings. The van der Waals surface area contributed by atoms with Gasteiger partial charge in [-0.3, -0.25) is 14.4 Å². The third kappa shape index (κ3) is 5.58. The van der Waals surface area contributed by atoms with Crippen molar-refractivity contribution in [3.05, 3.63) is 17.5 Å². The number of carbonyl (C=O) groups excluding carboxylic acids is 1. The molecule has 1 amide bonds. The summed E-state index contributed by atoms with van der Waals surface area (Å²) in [5.41, 5.74) is 0.997. The zero-order valence-electron chi connectivity index (χ0n) is 14.6. The topological polar surface area (TPSA) is 62.2 Å². The number of nitrogens with zero attached hydrogens (tertiary/aromatic N) is 3. The summed E-state index contributed by atoms with van der Waals surface area (Å²) in [6, 6.07) is -0.0650. The van der Waals surface area contributed by atoms with Crippen molar-refractivity contribution < 1.29 is 18.0 Å². The second-order valence-electron chi connectivity index (χ2n) is 6.29. The van der Waals surface area contributed by atoms with E-state index < -0.39 is 24.7 Å². The lowest BCUT2D eigenvalue weighted by Crippen LogP contribution is -2.57. The number of rotatable bonds is 5. The van der Waals surface area contributed by atoms with E-state index >= 15 is 0 Å². The van der Waals surface area contributed by atoms with Crippen LogP contribution in [0.15, 0.2) is 6.07 Å². The predicted molar refractivity (Wildman–Crippen MR) is 91.2 cm³/mol. The second-order valence-corrected chi connectivity index (χ2v) is 6.29. The third-order valence-corrected chi connectivity index (χ3v) is 4.17. The van der Waals surface area contributed by atoms with Crippen LogP contribution in [0, 0.1) is 0 Å². The van der Waals surface area contributed by atoms with E-state index in [-0.39, 0.29) is 24.0 Å². The van der Waals surface area contributed by atoms with Crippen molar-refractivity contribution in [2.45, 2.75) is 32.0 Å². The number of piperazine rings is 1. The van der Waals surface area contributed by atoms with Crippen LogP contribution in [0.1, 0.15) is 35.9 Å². The number of aryl methyl sites for hydroxylation is 1. The summed E-state index contributed by atoms with van der Waals surface area (Å²) in [7, 11) is 1.71.